The number of carboxylic acids is 1. The van der Waals surface area contributed by atoms with Crippen molar-refractivity contribution in [2.24, 2.45) is 0 Å². The first-order valence-corrected chi connectivity index (χ1v) is 7.66. The quantitative estimate of drug-likeness (QED) is 0.426. The number of carbonyl (C=O) groups is 2. The van der Waals surface area contributed by atoms with Crippen molar-refractivity contribution in [2.45, 2.75) is 19.9 Å². The molecule has 2 aromatic rings. The molecular weight excluding hydrogens is 322 g/mol. The maximum absolute atomic E-state index is 11.8. The number of aliphatic carboxylic acids is 1. The number of hydrogen-bond donors (Lipinski definition) is 0. The minimum Gasteiger partial charge on any atom is -0.550 e. The normalized spacial score (nSPS) is 11.0. The van der Waals surface area contributed by atoms with Gasteiger partial charge < -0.3 is 14.6 Å². The topological polar surface area (TPSA) is 108 Å². The molecule has 0 saturated carbocycles. The Labute approximate surface area is 144 Å². The summed E-state index contributed by atoms with van der Waals surface area (Å²) in [5.41, 5.74) is 1.69. The number of nitrogens with zero attached hydrogens (tertiary/aromatic N) is 3. The molecule has 7 heteroatoms. The van der Waals surface area contributed by atoms with E-state index in [4.69, 9.17) is 4.74 Å². The molecule has 0 bridgehead atoms. The van der Waals surface area contributed by atoms with Gasteiger partial charge in [0.25, 0.3) is 0 Å². The summed E-state index contributed by atoms with van der Waals surface area (Å²) in [7, 11) is 0. The number of aromatic nitrogens is 2. The molecule has 0 saturated heterocycles. The highest BCUT2D eigenvalue weighted by Gasteiger charge is 2.15. The Balaban J connectivity index is 2.45. The number of rotatable bonds is 7. The van der Waals surface area contributed by atoms with E-state index in [9.17, 15) is 20.0 Å². The van der Waals surface area contributed by atoms with Crippen molar-refractivity contribution >= 4 is 18.0 Å². The van der Waals surface area contributed by atoms with Crippen molar-refractivity contribution in [3.63, 3.8) is 0 Å². The van der Waals surface area contributed by atoms with E-state index >= 15 is 0 Å². The zero-order chi connectivity index (χ0) is 18.2. The minimum absolute atomic E-state index is 0.122. The van der Waals surface area contributed by atoms with Crippen molar-refractivity contribution in [3.8, 4) is 17.3 Å². The second-order valence-corrected chi connectivity index (χ2v) is 5.07. The van der Waals surface area contributed by atoms with E-state index in [1.807, 2.05) is 36.4 Å². The lowest BCUT2D eigenvalue weighted by molar-refractivity contribution is -0.306. The molecule has 0 amide bonds. The molecule has 1 aromatic carbocycles. The number of hydrogen-bond acceptors (Lipinski definition) is 6. The van der Waals surface area contributed by atoms with Gasteiger partial charge in [-0.1, -0.05) is 30.3 Å². The van der Waals surface area contributed by atoms with Gasteiger partial charge in [-0.2, -0.15) is 10.4 Å². The maximum atomic E-state index is 11.8. The van der Waals surface area contributed by atoms with Crippen LogP contribution in [0.5, 0.6) is 0 Å². The number of esters is 1. The van der Waals surface area contributed by atoms with Crippen molar-refractivity contribution < 1.29 is 19.4 Å². The van der Waals surface area contributed by atoms with Crippen LogP contribution >= 0.6 is 0 Å². The van der Waals surface area contributed by atoms with Crippen LogP contribution in [0.4, 0.5) is 0 Å². The predicted molar refractivity (Wildman–Crippen MR) is 87.5 cm³/mol. The predicted octanol–water partition coefficient (Wildman–Crippen LogP) is 1.16. The molecule has 0 N–H and O–H groups in total. The summed E-state index contributed by atoms with van der Waals surface area (Å²) in [5, 5.41) is 24.2. The molecule has 25 heavy (non-hydrogen) atoms. The molecule has 0 aliphatic heterocycles. The van der Waals surface area contributed by atoms with Crippen LogP contribution in [0.3, 0.4) is 0 Å². The number of carbonyl (C=O) groups excluding carboxylic acids is 2. The van der Waals surface area contributed by atoms with Crippen molar-refractivity contribution in [3.05, 3.63) is 47.7 Å². The first kappa shape index (κ1) is 17.9. The second-order valence-electron chi connectivity index (χ2n) is 5.07. The fourth-order valence-electron chi connectivity index (χ4n) is 2.18. The van der Waals surface area contributed by atoms with Crippen molar-refractivity contribution in [2.75, 3.05) is 6.61 Å². The molecule has 1 heterocycles. The van der Waals surface area contributed by atoms with Gasteiger partial charge in [0.15, 0.2) is 0 Å². The second kappa shape index (κ2) is 8.45. The molecule has 7 nitrogen and oxygen atoms in total. The van der Waals surface area contributed by atoms with Crippen LogP contribution in [0, 0.1) is 11.3 Å². The van der Waals surface area contributed by atoms with E-state index in [-0.39, 0.29) is 25.1 Å². The molecule has 2 rings (SSSR count). The molecular formula is C18H16N3O4-. The number of nitriles is 1. The smallest absolute Gasteiger partial charge is 0.348 e. The minimum atomic E-state index is -1.18. The van der Waals surface area contributed by atoms with Crippen LogP contribution in [-0.2, 0) is 20.9 Å². The molecule has 1 aromatic heterocycles. The highest BCUT2D eigenvalue weighted by molar-refractivity contribution is 5.98. The van der Waals surface area contributed by atoms with Gasteiger partial charge >= 0.3 is 5.97 Å². The Morgan fingerprint density at radius 1 is 1.36 bits per heavy atom. The summed E-state index contributed by atoms with van der Waals surface area (Å²) in [6, 6.07) is 11.0. The molecule has 0 radical (unpaired) electrons. The number of ether oxygens (including phenoxy) is 1. The van der Waals surface area contributed by atoms with Crippen LogP contribution in [0.25, 0.3) is 17.3 Å². The molecule has 0 unspecified atom stereocenters. The van der Waals surface area contributed by atoms with E-state index in [1.165, 1.54) is 10.8 Å². The molecule has 0 aliphatic rings. The van der Waals surface area contributed by atoms with E-state index < -0.39 is 11.9 Å². The van der Waals surface area contributed by atoms with E-state index in [0.717, 1.165) is 5.56 Å². The van der Waals surface area contributed by atoms with Crippen molar-refractivity contribution in [1.82, 2.24) is 9.78 Å². The van der Waals surface area contributed by atoms with Gasteiger partial charge in [0, 0.05) is 36.3 Å². The average Bonchev–Trinajstić information content (AvgIpc) is 3.01. The average molecular weight is 338 g/mol. The van der Waals surface area contributed by atoms with Gasteiger partial charge in [0.1, 0.15) is 11.6 Å². The SMILES string of the molecule is CCOC(=O)/C(C#N)=C\c1cn(CCC(=O)[O-])nc1-c1ccccc1. The largest absolute Gasteiger partial charge is 0.550 e. The van der Waals surface area contributed by atoms with Crippen LogP contribution in [0.2, 0.25) is 0 Å². The highest BCUT2D eigenvalue weighted by Crippen LogP contribution is 2.24. The van der Waals surface area contributed by atoms with Gasteiger partial charge in [-0.25, -0.2) is 4.79 Å². The Hall–Kier alpha value is -3.40. The Bertz CT molecular complexity index is 832. The van der Waals surface area contributed by atoms with Crippen LogP contribution < -0.4 is 5.11 Å². The standard InChI is InChI=1S/C18H17N3O4/c1-2-25-18(24)14(11-19)10-15-12-21(9-8-16(22)23)20-17(15)13-6-4-3-5-7-13/h3-7,10,12H,2,8-9H2,1H3,(H,22,23)/p-1/b14-10-. The number of aryl methyl sites for hydroxylation is 1. The molecule has 0 atom stereocenters. The Morgan fingerprint density at radius 3 is 2.68 bits per heavy atom. The highest BCUT2D eigenvalue weighted by atomic mass is 16.5. The van der Waals surface area contributed by atoms with Crippen molar-refractivity contribution in [1.29, 1.82) is 5.26 Å². The summed E-state index contributed by atoms with van der Waals surface area (Å²) in [6.07, 6.45) is 2.78. The maximum Gasteiger partial charge on any atom is 0.348 e. The Kier molecular flexibility index (Phi) is 6.07. The molecule has 0 spiro atoms. The molecule has 0 aliphatic carbocycles. The summed E-state index contributed by atoms with van der Waals surface area (Å²) < 4.78 is 6.30. The van der Waals surface area contributed by atoms with Crippen LogP contribution in [0.15, 0.2) is 42.1 Å². The fourth-order valence-corrected chi connectivity index (χ4v) is 2.18. The zero-order valence-electron chi connectivity index (χ0n) is 13.6. The zero-order valence-corrected chi connectivity index (χ0v) is 13.6. The van der Waals surface area contributed by atoms with Gasteiger partial charge in [-0.3, -0.25) is 4.68 Å². The number of benzene rings is 1. The first-order valence-electron chi connectivity index (χ1n) is 7.66. The third-order valence-corrected chi connectivity index (χ3v) is 3.30. The van der Waals surface area contributed by atoms with Gasteiger partial charge in [-0.05, 0) is 13.0 Å². The first-order chi connectivity index (χ1) is 12.0. The van der Waals surface area contributed by atoms with Gasteiger partial charge in [-0.15, -0.1) is 0 Å². The lowest BCUT2D eigenvalue weighted by Crippen LogP contribution is -2.23. The lowest BCUT2D eigenvalue weighted by atomic mass is 10.1. The lowest BCUT2D eigenvalue weighted by Gasteiger charge is -2.02. The van der Waals surface area contributed by atoms with Crippen LogP contribution in [-0.4, -0.2) is 28.3 Å². The van der Waals surface area contributed by atoms with E-state index in [1.54, 1.807) is 13.1 Å². The Morgan fingerprint density at radius 2 is 2.08 bits per heavy atom. The monoisotopic (exact) mass is 338 g/mol. The van der Waals surface area contributed by atoms with E-state index in [2.05, 4.69) is 5.10 Å². The molecule has 128 valence electrons. The van der Waals surface area contributed by atoms with E-state index in [0.29, 0.717) is 11.3 Å². The fraction of sp³-hybridized carbons (Fsp3) is 0.222. The summed E-state index contributed by atoms with van der Waals surface area (Å²) in [5.74, 6) is -1.90. The summed E-state index contributed by atoms with van der Waals surface area (Å²) in [6.45, 7) is 1.94. The van der Waals surface area contributed by atoms with Gasteiger partial charge in [0.2, 0.25) is 0 Å². The summed E-state index contributed by atoms with van der Waals surface area (Å²) >= 11 is 0. The van der Waals surface area contributed by atoms with Gasteiger partial charge in [0.05, 0.1) is 12.3 Å². The number of carboxylic acid groups (broad SMARTS) is 1. The van der Waals surface area contributed by atoms with Crippen LogP contribution in [0.1, 0.15) is 18.9 Å². The third kappa shape index (κ3) is 4.78. The third-order valence-electron chi connectivity index (χ3n) is 3.30. The molecule has 0 fully saturated rings. The summed E-state index contributed by atoms with van der Waals surface area (Å²) in [4.78, 5) is 22.5.